The van der Waals surface area contributed by atoms with Crippen molar-refractivity contribution in [3.8, 4) is 0 Å². The number of fused-ring (bicyclic) bond motifs is 5. The fraction of sp³-hybridized carbons (Fsp3) is 0.903. The van der Waals surface area contributed by atoms with E-state index >= 15 is 0 Å². The molecule has 13 atom stereocenters. The Morgan fingerprint density at radius 3 is 2.56 bits per heavy atom. The number of carbonyl (C=O) groups excluding carboxylic acids is 1. The van der Waals surface area contributed by atoms with Gasteiger partial charge in [-0.25, -0.2) is 0 Å². The van der Waals surface area contributed by atoms with Crippen molar-refractivity contribution in [3.05, 3.63) is 11.6 Å². The predicted molar refractivity (Wildman–Crippen MR) is 144 cm³/mol. The summed E-state index contributed by atoms with van der Waals surface area (Å²) in [5.74, 6) is 3.16. The van der Waals surface area contributed by atoms with Gasteiger partial charge in [-0.15, -0.1) is 0 Å². The van der Waals surface area contributed by atoms with Gasteiger partial charge in [-0.2, -0.15) is 0 Å². The first-order valence-corrected chi connectivity index (χ1v) is 15.3. The van der Waals surface area contributed by atoms with Crippen molar-refractivity contribution in [3.63, 3.8) is 0 Å². The van der Waals surface area contributed by atoms with Crippen molar-refractivity contribution >= 4 is 5.97 Å². The van der Waals surface area contributed by atoms with Gasteiger partial charge in [-0.05, 0) is 98.2 Å². The number of allylic oxidation sites excluding steroid dienone is 1. The van der Waals surface area contributed by atoms with Gasteiger partial charge in [0.05, 0.1) is 19.8 Å². The summed E-state index contributed by atoms with van der Waals surface area (Å²) in [5, 5.41) is 40.2. The van der Waals surface area contributed by atoms with Gasteiger partial charge in [0.25, 0.3) is 0 Å². The molecule has 0 amide bonds. The molecule has 0 unspecified atom stereocenters. The third-order valence-electron chi connectivity index (χ3n) is 12.0. The van der Waals surface area contributed by atoms with E-state index in [2.05, 4.69) is 26.8 Å². The van der Waals surface area contributed by atoms with Crippen molar-refractivity contribution in [2.45, 2.75) is 122 Å². The Kier molecular flexibility index (Phi) is 8.56. The van der Waals surface area contributed by atoms with Crippen molar-refractivity contribution in [1.29, 1.82) is 0 Å². The lowest BCUT2D eigenvalue weighted by Crippen LogP contribution is -2.60. The Morgan fingerprint density at radius 2 is 1.85 bits per heavy atom. The van der Waals surface area contributed by atoms with Gasteiger partial charge < -0.3 is 34.6 Å². The van der Waals surface area contributed by atoms with E-state index in [1.54, 1.807) is 0 Å². The van der Waals surface area contributed by atoms with Crippen LogP contribution in [0.4, 0.5) is 0 Å². The van der Waals surface area contributed by atoms with Gasteiger partial charge in [0.15, 0.2) is 6.29 Å². The third-order valence-corrected chi connectivity index (χ3v) is 12.0. The molecular formula is C31H50O8. The molecule has 4 fully saturated rings. The minimum absolute atomic E-state index is 0.103. The van der Waals surface area contributed by atoms with Crippen LogP contribution in [0.5, 0.6) is 0 Å². The van der Waals surface area contributed by atoms with Crippen LogP contribution in [0.3, 0.4) is 0 Å². The molecule has 5 rings (SSSR count). The number of aliphatic hydroxyl groups excluding tert-OH is 4. The monoisotopic (exact) mass is 550 g/mol. The van der Waals surface area contributed by atoms with E-state index in [-0.39, 0.29) is 17.5 Å². The second-order valence-electron chi connectivity index (χ2n) is 13.8. The summed E-state index contributed by atoms with van der Waals surface area (Å²) in [6.07, 6.45) is 6.37. The van der Waals surface area contributed by atoms with Crippen LogP contribution < -0.4 is 0 Å². The first-order valence-electron chi connectivity index (χ1n) is 15.3. The highest BCUT2D eigenvalue weighted by atomic mass is 16.7. The zero-order valence-corrected chi connectivity index (χ0v) is 24.1. The zero-order chi connectivity index (χ0) is 28.1. The van der Waals surface area contributed by atoms with Crippen LogP contribution in [0.25, 0.3) is 0 Å². The molecule has 4 N–H and O–H groups in total. The molecule has 3 saturated carbocycles. The van der Waals surface area contributed by atoms with Crippen molar-refractivity contribution < 1.29 is 39.4 Å². The maximum Gasteiger partial charge on any atom is 0.305 e. The van der Waals surface area contributed by atoms with Gasteiger partial charge in [0.1, 0.15) is 24.4 Å². The second kappa shape index (κ2) is 11.3. The van der Waals surface area contributed by atoms with Gasteiger partial charge >= 0.3 is 5.97 Å². The lowest BCUT2D eigenvalue weighted by Gasteiger charge is -2.58. The summed E-state index contributed by atoms with van der Waals surface area (Å²) in [7, 11) is 1.47. The highest BCUT2D eigenvalue weighted by Crippen LogP contribution is 2.67. The van der Waals surface area contributed by atoms with Gasteiger partial charge in [-0.3, -0.25) is 4.79 Å². The van der Waals surface area contributed by atoms with E-state index in [9.17, 15) is 25.2 Å². The molecule has 0 radical (unpaired) electrons. The predicted octanol–water partition coefficient (Wildman–Crippen LogP) is 3.34. The Balaban J connectivity index is 1.25. The van der Waals surface area contributed by atoms with E-state index < -0.39 is 37.3 Å². The topological polar surface area (TPSA) is 126 Å². The molecule has 1 heterocycles. The standard InChI is InChI=1S/C31H50O8/c1-17(5-10-25(33)37-4)21-8-9-22-20-7-6-18-15-19(11-13-30(18,2)23(20)12-14-31(21,22)3)38-29-28(36)27(35)26(34)24(16-32)39-29/h6,17,19-24,26-29,32,34-36H,5,7-16H2,1-4H3/t17-,19+,20+,21-,22+,23+,24-,26-,27+,28-,29-,30+,31-/m1/s1. The van der Waals surface area contributed by atoms with E-state index in [0.29, 0.717) is 35.5 Å². The van der Waals surface area contributed by atoms with Crippen LogP contribution in [0.1, 0.15) is 85.0 Å². The summed E-state index contributed by atoms with van der Waals surface area (Å²) in [6.45, 7) is 6.87. The molecule has 0 bridgehead atoms. The van der Waals surface area contributed by atoms with Gasteiger partial charge in [0.2, 0.25) is 0 Å². The number of aliphatic hydroxyl groups is 4. The van der Waals surface area contributed by atoms with Crippen molar-refractivity contribution in [2.24, 2.45) is 40.4 Å². The molecule has 39 heavy (non-hydrogen) atoms. The maximum atomic E-state index is 11.8. The third kappa shape index (κ3) is 5.12. The van der Waals surface area contributed by atoms with Gasteiger partial charge in [0, 0.05) is 6.42 Å². The van der Waals surface area contributed by atoms with Gasteiger partial charge in [-0.1, -0.05) is 32.4 Å². The van der Waals surface area contributed by atoms with Crippen LogP contribution in [0, 0.1) is 40.4 Å². The fourth-order valence-corrected chi connectivity index (χ4v) is 9.74. The normalized spacial score (nSPS) is 48.4. The molecule has 1 saturated heterocycles. The molecular weight excluding hydrogens is 500 g/mol. The largest absolute Gasteiger partial charge is 0.469 e. The number of esters is 1. The first-order chi connectivity index (χ1) is 18.5. The summed E-state index contributed by atoms with van der Waals surface area (Å²) in [6, 6.07) is 0. The fourth-order valence-electron chi connectivity index (χ4n) is 9.74. The van der Waals surface area contributed by atoms with Crippen LogP contribution in [0.2, 0.25) is 0 Å². The maximum absolute atomic E-state index is 11.8. The number of rotatable bonds is 7. The number of methoxy groups -OCH3 is 1. The Labute approximate surface area is 233 Å². The Hall–Kier alpha value is -1.03. The minimum atomic E-state index is -1.42. The van der Waals surface area contributed by atoms with E-state index in [1.165, 1.54) is 38.4 Å². The molecule has 4 aliphatic carbocycles. The van der Waals surface area contributed by atoms with Crippen LogP contribution >= 0.6 is 0 Å². The molecule has 1 aliphatic heterocycles. The highest BCUT2D eigenvalue weighted by molar-refractivity contribution is 5.69. The number of hydrogen-bond acceptors (Lipinski definition) is 8. The van der Waals surface area contributed by atoms with Crippen LogP contribution in [0.15, 0.2) is 11.6 Å². The Bertz CT molecular complexity index is 920. The average Bonchev–Trinajstić information content (AvgIpc) is 3.29. The van der Waals surface area contributed by atoms with Crippen molar-refractivity contribution in [2.75, 3.05) is 13.7 Å². The lowest BCUT2D eigenvalue weighted by molar-refractivity contribution is -0.313. The van der Waals surface area contributed by atoms with Crippen LogP contribution in [-0.4, -0.2) is 76.9 Å². The quantitative estimate of drug-likeness (QED) is 0.281. The molecule has 5 aliphatic rings. The van der Waals surface area contributed by atoms with E-state index in [0.717, 1.165) is 38.0 Å². The van der Waals surface area contributed by atoms with Crippen molar-refractivity contribution in [1.82, 2.24) is 0 Å². The number of ether oxygens (including phenoxy) is 3. The van der Waals surface area contributed by atoms with E-state index in [4.69, 9.17) is 14.2 Å². The zero-order valence-electron chi connectivity index (χ0n) is 24.1. The molecule has 8 nitrogen and oxygen atoms in total. The molecule has 0 spiro atoms. The summed E-state index contributed by atoms with van der Waals surface area (Å²) < 4.78 is 16.7. The van der Waals surface area contributed by atoms with E-state index in [1.807, 2.05) is 0 Å². The van der Waals surface area contributed by atoms with Crippen LogP contribution in [-0.2, 0) is 19.0 Å². The molecule has 0 aromatic heterocycles. The minimum Gasteiger partial charge on any atom is -0.469 e. The molecule has 8 heteroatoms. The lowest BCUT2D eigenvalue weighted by atomic mass is 9.47. The molecule has 0 aromatic rings. The molecule has 0 aromatic carbocycles. The number of carbonyl (C=O) groups is 1. The number of hydrogen-bond donors (Lipinski definition) is 4. The Morgan fingerprint density at radius 1 is 1.08 bits per heavy atom. The summed E-state index contributed by atoms with van der Waals surface area (Å²) >= 11 is 0. The second-order valence-corrected chi connectivity index (χ2v) is 13.8. The summed E-state index contributed by atoms with van der Waals surface area (Å²) in [5.41, 5.74) is 1.93. The smallest absolute Gasteiger partial charge is 0.305 e. The highest BCUT2D eigenvalue weighted by Gasteiger charge is 2.59. The molecule has 222 valence electrons. The first kappa shape index (κ1) is 29.5. The SMILES string of the molecule is COC(=O)CC[C@@H](C)[C@H]1CC[C@H]2[C@@H]3CC=C4C[C@@H](O[C@@H]5O[C@H](CO)[C@@H](O)[C@H](O)[C@H]5O)CC[C@]4(C)[C@H]3CC[C@]12C. The summed E-state index contributed by atoms with van der Waals surface area (Å²) in [4.78, 5) is 11.8. The average molecular weight is 551 g/mol.